The lowest BCUT2D eigenvalue weighted by Crippen LogP contribution is -2.45. The fourth-order valence-electron chi connectivity index (χ4n) is 3.55. The van der Waals surface area contributed by atoms with Gasteiger partial charge in [0.1, 0.15) is 11.3 Å². The van der Waals surface area contributed by atoms with Gasteiger partial charge in [0.2, 0.25) is 0 Å². The van der Waals surface area contributed by atoms with Crippen molar-refractivity contribution in [2.24, 2.45) is 0 Å². The van der Waals surface area contributed by atoms with Gasteiger partial charge in [0.05, 0.1) is 33.0 Å². The van der Waals surface area contributed by atoms with Crippen LogP contribution in [0.25, 0.3) is 0 Å². The number of methoxy groups -OCH3 is 1. The first-order valence-electron chi connectivity index (χ1n) is 8.57. The first-order valence-corrected chi connectivity index (χ1v) is 8.57. The van der Waals surface area contributed by atoms with Gasteiger partial charge in [0.15, 0.2) is 0 Å². The molecule has 1 aliphatic heterocycles. The van der Waals surface area contributed by atoms with E-state index in [4.69, 9.17) is 9.47 Å². The zero-order valence-corrected chi connectivity index (χ0v) is 14.4. The molecule has 2 aliphatic rings. The van der Waals surface area contributed by atoms with E-state index in [0.717, 1.165) is 23.3 Å². The van der Waals surface area contributed by atoms with Crippen molar-refractivity contribution in [1.82, 2.24) is 10.2 Å². The van der Waals surface area contributed by atoms with Gasteiger partial charge in [-0.05, 0) is 18.9 Å². The van der Waals surface area contributed by atoms with Crippen molar-refractivity contribution in [2.45, 2.75) is 43.9 Å². The molecule has 1 spiro atoms. The summed E-state index contributed by atoms with van der Waals surface area (Å²) < 4.78 is 10.8. The zero-order valence-electron chi connectivity index (χ0n) is 14.4. The fourth-order valence-corrected chi connectivity index (χ4v) is 3.55. The standard InChI is InChI=1S/C18H24N2O5/c1-24-15-7-3-2-6-13(15)11-25-12-14(21)10-20-16(22)18(19-17(20)23)8-4-5-9-18/h2-3,6-7,14,21H,4-5,8-12H2,1H3,(H,19,23)/t14-/m1/s1. The third-order valence-corrected chi connectivity index (χ3v) is 4.86. The number of urea groups is 1. The van der Waals surface area contributed by atoms with E-state index < -0.39 is 17.7 Å². The molecule has 2 N–H and O–H groups in total. The van der Waals surface area contributed by atoms with Crippen LogP contribution in [0.4, 0.5) is 4.79 Å². The molecular formula is C18H24N2O5. The highest BCUT2D eigenvalue weighted by atomic mass is 16.5. The van der Waals surface area contributed by atoms with Crippen LogP contribution in [0.2, 0.25) is 0 Å². The van der Waals surface area contributed by atoms with Gasteiger partial charge in [-0.15, -0.1) is 0 Å². The largest absolute Gasteiger partial charge is 0.496 e. The van der Waals surface area contributed by atoms with Gasteiger partial charge >= 0.3 is 6.03 Å². The van der Waals surface area contributed by atoms with Gasteiger partial charge in [0.25, 0.3) is 5.91 Å². The summed E-state index contributed by atoms with van der Waals surface area (Å²) in [5, 5.41) is 13.0. The number of para-hydroxylation sites is 1. The number of carbonyl (C=O) groups excluding carboxylic acids is 2. The number of ether oxygens (including phenoxy) is 2. The Balaban J connectivity index is 1.50. The summed E-state index contributed by atoms with van der Waals surface area (Å²) in [6.07, 6.45) is 2.29. The maximum absolute atomic E-state index is 12.5. The molecule has 0 radical (unpaired) electrons. The van der Waals surface area contributed by atoms with E-state index in [2.05, 4.69) is 5.32 Å². The molecule has 0 bridgehead atoms. The Morgan fingerprint density at radius 2 is 2.00 bits per heavy atom. The molecule has 25 heavy (non-hydrogen) atoms. The van der Waals surface area contributed by atoms with Crippen LogP contribution < -0.4 is 10.1 Å². The Hall–Kier alpha value is -2.12. The van der Waals surface area contributed by atoms with Crippen LogP contribution >= 0.6 is 0 Å². The average molecular weight is 348 g/mol. The van der Waals surface area contributed by atoms with Crippen molar-refractivity contribution >= 4 is 11.9 Å². The second-order valence-corrected chi connectivity index (χ2v) is 6.62. The van der Waals surface area contributed by atoms with E-state index in [1.807, 2.05) is 24.3 Å². The quantitative estimate of drug-likeness (QED) is 0.728. The molecule has 136 valence electrons. The lowest BCUT2D eigenvalue weighted by Gasteiger charge is -2.21. The Kier molecular flexibility index (Phi) is 5.24. The Morgan fingerprint density at radius 3 is 2.72 bits per heavy atom. The molecule has 0 unspecified atom stereocenters. The molecule has 7 heteroatoms. The van der Waals surface area contributed by atoms with Gasteiger partial charge < -0.3 is 19.9 Å². The van der Waals surface area contributed by atoms with Gasteiger partial charge in [-0.3, -0.25) is 9.69 Å². The highest BCUT2D eigenvalue weighted by Crippen LogP contribution is 2.35. The summed E-state index contributed by atoms with van der Waals surface area (Å²) in [5.74, 6) is 0.494. The topological polar surface area (TPSA) is 88.1 Å². The first-order chi connectivity index (χ1) is 12.1. The number of carbonyl (C=O) groups is 2. The summed E-state index contributed by atoms with van der Waals surface area (Å²) in [5.41, 5.74) is 0.131. The molecule has 3 rings (SSSR count). The highest BCUT2D eigenvalue weighted by molar-refractivity contribution is 6.07. The van der Waals surface area contributed by atoms with Crippen LogP contribution in [0.15, 0.2) is 24.3 Å². The number of nitrogens with one attached hydrogen (secondary N) is 1. The van der Waals surface area contributed by atoms with Crippen LogP contribution in [0.3, 0.4) is 0 Å². The molecule has 7 nitrogen and oxygen atoms in total. The van der Waals surface area contributed by atoms with E-state index in [-0.39, 0.29) is 25.7 Å². The van der Waals surface area contributed by atoms with E-state index in [1.165, 1.54) is 0 Å². The van der Waals surface area contributed by atoms with Crippen molar-refractivity contribution < 1.29 is 24.2 Å². The smallest absolute Gasteiger partial charge is 0.325 e. The number of aliphatic hydroxyl groups is 1. The predicted octanol–water partition coefficient (Wildman–Crippen LogP) is 1.44. The molecular weight excluding hydrogens is 324 g/mol. The molecule has 1 saturated heterocycles. The number of amides is 3. The summed E-state index contributed by atoms with van der Waals surface area (Å²) in [7, 11) is 1.59. The fraction of sp³-hybridized carbons (Fsp3) is 0.556. The summed E-state index contributed by atoms with van der Waals surface area (Å²) in [6, 6.07) is 7.05. The van der Waals surface area contributed by atoms with E-state index in [9.17, 15) is 14.7 Å². The number of benzene rings is 1. The van der Waals surface area contributed by atoms with Crippen molar-refractivity contribution in [2.75, 3.05) is 20.3 Å². The Morgan fingerprint density at radius 1 is 1.28 bits per heavy atom. The van der Waals surface area contributed by atoms with E-state index >= 15 is 0 Å². The molecule has 3 amide bonds. The second-order valence-electron chi connectivity index (χ2n) is 6.62. The third-order valence-electron chi connectivity index (χ3n) is 4.86. The Labute approximate surface area is 146 Å². The molecule has 1 heterocycles. The van der Waals surface area contributed by atoms with Gasteiger partial charge in [0, 0.05) is 5.56 Å². The molecule has 0 aromatic heterocycles. The van der Waals surface area contributed by atoms with Crippen LogP contribution in [0.1, 0.15) is 31.2 Å². The van der Waals surface area contributed by atoms with Crippen molar-refractivity contribution in [1.29, 1.82) is 0 Å². The van der Waals surface area contributed by atoms with Crippen LogP contribution in [0, 0.1) is 0 Å². The first kappa shape index (κ1) is 17.7. The van der Waals surface area contributed by atoms with Gasteiger partial charge in [-0.1, -0.05) is 31.0 Å². The van der Waals surface area contributed by atoms with Crippen molar-refractivity contribution in [3.05, 3.63) is 29.8 Å². The van der Waals surface area contributed by atoms with Gasteiger partial charge in [-0.25, -0.2) is 4.79 Å². The molecule has 2 fully saturated rings. The second kappa shape index (κ2) is 7.41. The molecule has 1 aliphatic carbocycles. The Bertz CT molecular complexity index is 642. The molecule has 1 aromatic rings. The lowest BCUT2D eigenvalue weighted by atomic mass is 9.98. The number of hydrogen-bond acceptors (Lipinski definition) is 5. The minimum absolute atomic E-state index is 0.0299. The maximum Gasteiger partial charge on any atom is 0.325 e. The third kappa shape index (κ3) is 3.62. The summed E-state index contributed by atoms with van der Waals surface area (Å²) in [6.45, 7) is 0.256. The molecule has 1 aromatic carbocycles. The van der Waals surface area contributed by atoms with Crippen molar-refractivity contribution in [3.8, 4) is 5.75 Å². The van der Waals surface area contributed by atoms with Gasteiger partial charge in [-0.2, -0.15) is 0 Å². The SMILES string of the molecule is COc1ccccc1COC[C@H](O)CN1C(=O)NC2(CCCC2)C1=O. The van der Waals surface area contributed by atoms with Crippen LogP contribution in [-0.2, 0) is 16.1 Å². The van der Waals surface area contributed by atoms with Crippen molar-refractivity contribution in [3.63, 3.8) is 0 Å². The van der Waals surface area contributed by atoms with Crippen LogP contribution in [0.5, 0.6) is 5.75 Å². The van der Waals surface area contributed by atoms with Crippen LogP contribution in [-0.4, -0.2) is 53.8 Å². The minimum atomic E-state index is -0.930. The average Bonchev–Trinajstić information content (AvgIpc) is 3.16. The number of β-amino-alcohol motifs (C(OH)–C–C–N with tert-alkyl or cyclic N) is 1. The maximum atomic E-state index is 12.5. The number of aliphatic hydroxyl groups excluding tert-OH is 1. The molecule has 1 atom stereocenters. The molecule has 1 saturated carbocycles. The van der Waals surface area contributed by atoms with E-state index in [1.54, 1.807) is 7.11 Å². The normalized spacial score (nSPS) is 20.2. The minimum Gasteiger partial charge on any atom is -0.496 e. The number of imide groups is 1. The predicted molar refractivity (Wildman–Crippen MR) is 90.1 cm³/mol. The number of nitrogens with zero attached hydrogens (tertiary/aromatic N) is 1. The monoisotopic (exact) mass is 348 g/mol. The zero-order chi connectivity index (χ0) is 17.9. The number of hydrogen-bond donors (Lipinski definition) is 2. The summed E-state index contributed by atoms with van der Waals surface area (Å²) in [4.78, 5) is 25.7. The van der Waals surface area contributed by atoms with E-state index in [0.29, 0.717) is 18.6 Å². The highest BCUT2D eigenvalue weighted by Gasteiger charge is 2.52. The number of rotatable bonds is 7. The summed E-state index contributed by atoms with van der Waals surface area (Å²) >= 11 is 0. The lowest BCUT2D eigenvalue weighted by molar-refractivity contribution is -0.132.